The number of fused-ring (bicyclic) bond motifs is 1. The molecule has 1 amide bonds. The van der Waals surface area contributed by atoms with Crippen molar-refractivity contribution in [2.75, 3.05) is 16.8 Å². The van der Waals surface area contributed by atoms with Crippen molar-refractivity contribution in [2.24, 2.45) is 5.73 Å². The Morgan fingerprint density at radius 1 is 1.19 bits per heavy atom. The summed E-state index contributed by atoms with van der Waals surface area (Å²) in [6, 6.07) is 16.0. The smallest absolute Gasteiger partial charge is 0.244 e. The predicted molar refractivity (Wildman–Crippen MR) is 85.7 cm³/mol. The minimum Gasteiger partial charge on any atom is -0.330 e. The van der Waals surface area contributed by atoms with Gasteiger partial charge in [-0.15, -0.1) is 0 Å². The van der Waals surface area contributed by atoms with E-state index < -0.39 is 0 Å². The number of amides is 1. The van der Waals surface area contributed by atoms with Crippen LogP contribution in [-0.2, 0) is 4.79 Å². The summed E-state index contributed by atoms with van der Waals surface area (Å²) in [4.78, 5) is 13.9. The fourth-order valence-corrected chi connectivity index (χ4v) is 2.60. The monoisotopic (exact) mass is 281 g/mol. The van der Waals surface area contributed by atoms with Gasteiger partial charge in [-0.3, -0.25) is 4.79 Å². The molecule has 2 aromatic carbocycles. The number of anilines is 3. The van der Waals surface area contributed by atoms with Crippen molar-refractivity contribution in [3.8, 4) is 0 Å². The van der Waals surface area contributed by atoms with Crippen LogP contribution in [0.25, 0.3) is 0 Å². The van der Waals surface area contributed by atoms with Crippen LogP contribution in [0, 0.1) is 0 Å². The Labute approximate surface area is 124 Å². The van der Waals surface area contributed by atoms with E-state index in [1.54, 1.807) is 0 Å². The summed E-state index contributed by atoms with van der Waals surface area (Å²) >= 11 is 0. The lowest BCUT2D eigenvalue weighted by Crippen LogP contribution is -2.34. The number of nitrogens with zero attached hydrogens (tertiary/aromatic N) is 1. The van der Waals surface area contributed by atoms with E-state index in [0.29, 0.717) is 6.54 Å². The van der Waals surface area contributed by atoms with Crippen LogP contribution in [0.15, 0.2) is 48.5 Å². The van der Waals surface area contributed by atoms with Crippen molar-refractivity contribution in [1.29, 1.82) is 0 Å². The van der Waals surface area contributed by atoms with Crippen LogP contribution in [-0.4, -0.2) is 12.5 Å². The molecule has 1 aliphatic heterocycles. The lowest BCUT2D eigenvalue weighted by Gasteiger charge is -2.31. The molecule has 1 aliphatic rings. The number of hydrogen-bond donors (Lipinski definition) is 2. The summed E-state index contributed by atoms with van der Waals surface area (Å²) in [5.41, 5.74) is 10.0. The molecule has 0 saturated carbocycles. The average molecular weight is 281 g/mol. The Kier molecular flexibility index (Phi) is 3.62. The lowest BCUT2D eigenvalue weighted by molar-refractivity contribution is -0.115. The van der Waals surface area contributed by atoms with Crippen LogP contribution < -0.4 is 16.0 Å². The second-order valence-corrected chi connectivity index (χ2v) is 5.26. The first-order valence-corrected chi connectivity index (χ1v) is 7.21. The first-order chi connectivity index (χ1) is 10.2. The standard InChI is InChI=1S/C17H19N3O/c1-2-14(18)12-7-9-13(10-8-12)20-11-17(21)19-15-5-3-4-6-16(15)20/h3-10,14H,2,11,18H2,1H3,(H,19,21). The summed E-state index contributed by atoms with van der Waals surface area (Å²) in [6.07, 6.45) is 0.911. The first-order valence-electron chi connectivity index (χ1n) is 7.21. The number of hydrogen-bond acceptors (Lipinski definition) is 3. The van der Waals surface area contributed by atoms with Crippen molar-refractivity contribution >= 4 is 23.0 Å². The van der Waals surface area contributed by atoms with Gasteiger partial charge >= 0.3 is 0 Å². The molecule has 0 bridgehead atoms. The summed E-state index contributed by atoms with van der Waals surface area (Å²) in [6.45, 7) is 2.40. The SMILES string of the molecule is CCC(N)c1ccc(N2CC(=O)Nc3ccccc32)cc1. The van der Waals surface area contributed by atoms with Crippen molar-refractivity contribution < 1.29 is 4.79 Å². The molecule has 4 heteroatoms. The highest BCUT2D eigenvalue weighted by molar-refractivity contribution is 6.03. The number of para-hydroxylation sites is 2. The van der Waals surface area contributed by atoms with Crippen molar-refractivity contribution in [1.82, 2.24) is 0 Å². The van der Waals surface area contributed by atoms with Gasteiger partial charge in [0.15, 0.2) is 0 Å². The Balaban J connectivity index is 1.95. The molecule has 3 rings (SSSR count). The minimum atomic E-state index is 0.00281. The Hall–Kier alpha value is -2.33. The third kappa shape index (κ3) is 2.62. The van der Waals surface area contributed by atoms with Gasteiger partial charge in [0.25, 0.3) is 0 Å². The molecule has 0 spiro atoms. The molecule has 108 valence electrons. The molecule has 0 aliphatic carbocycles. The van der Waals surface area contributed by atoms with Crippen LogP contribution in [0.5, 0.6) is 0 Å². The van der Waals surface area contributed by atoms with E-state index in [1.165, 1.54) is 0 Å². The Morgan fingerprint density at radius 3 is 2.62 bits per heavy atom. The van der Waals surface area contributed by atoms with Crippen LogP contribution >= 0.6 is 0 Å². The summed E-state index contributed by atoms with van der Waals surface area (Å²) < 4.78 is 0. The summed E-state index contributed by atoms with van der Waals surface area (Å²) in [7, 11) is 0. The molecule has 0 saturated heterocycles. The maximum absolute atomic E-state index is 11.9. The van der Waals surface area contributed by atoms with Gasteiger partial charge in [-0.25, -0.2) is 0 Å². The summed E-state index contributed by atoms with van der Waals surface area (Å²) in [5.74, 6) is 0.00281. The fourth-order valence-electron chi connectivity index (χ4n) is 2.60. The molecule has 0 fully saturated rings. The molecular weight excluding hydrogens is 262 g/mol. The van der Waals surface area contributed by atoms with E-state index in [2.05, 4.69) is 12.2 Å². The third-order valence-corrected chi connectivity index (χ3v) is 3.84. The zero-order valence-electron chi connectivity index (χ0n) is 12.0. The molecule has 1 unspecified atom stereocenters. The Bertz CT molecular complexity index is 651. The largest absolute Gasteiger partial charge is 0.330 e. The van der Waals surface area contributed by atoms with Crippen LogP contribution in [0.1, 0.15) is 24.9 Å². The van der Waals surface area contributed by atoms with E-state index in [9.17, 15) is 4.79 Å². The number of carbonyl (C=O) groups is 1. The molecule has 21 heavy (non-hydrogen) atoms. The van der Waals surface area contributed by atoms with Gasteiger partial charge < -0.3 is 16.0 Å². The number of benzene rings is 2. The first kappa shape index (κ1) is 13.6. The van der Waals surface area contributed by atoms with Crippen molar-refractivity contribution in [2.45, 2.75) is 19.4 Å². The molecule has 1 heterocycles. The van der Waals surface area contributed by atoms with Crippen molar-refractivity contribution in [3.05, 3.63) is 54.1 Å². The van der Waals surface area contributed by atoms with Gasteiger partial charge in [-0.2, -0.15) is 0 Å². The predicted octanol–water partition coefficient (Wildman–Crippen LogP) is 3.19. The van der Waals surface area contributed by atoms with Gasteiger partial charge in [0.05, 0.1) is 11.4 Å². The van der Waals surface area contributed by atoms with Crippen molar-refractivity contribution in [3.63, 3.8) is 0 Å². The third-order valence-electron chi connectivity index (χ3n) is 3.84. The van der Waals surface area contributed by atoms with Gasteiger partial charge in [-0.05, 0) is 36.2 Å². The van der Waals surface area contributed by atoms with E-state index in [1.807, 2.05) is 53.4 Å². The highest BCUT2D eigenvalue weighted by atomic mass is 16.2. The van der Waals surface area contributed by atoms with E-state index >= 15 is 0 Å². The second-order valence-electron chi connectivity index (χ2n) is 5.26. The quantitative estimate of drug-likeness (QED) is 0.908. The number of carbonyl (C=O) groups excluding carboxylic acids is 1. The second kappa shape index (κ2) is 5.58. The van der Waals surface area contributed by atoms with Crippen LogP contribution in [0.2, 0.25) is 0 Å². The highest BCUT2D eigenvalue weighted by Crippen LogP contribution is 2.35. The maximum Gasteiger partial charge on any atom is 0.244 e. The highest BCUT2D eigenvalue weighted by Gasteiger charge is 2.22. The lowest BCUT2D eigenvalue weighted by atomic mass is 10.0. The molecule has 0 radical (unpaired) electrons. The molecule has 4 nitrogen and oxygen atoms in total. The van der Waals surface area contributed by atoms with Gasteiger partial charge in [0, 0.05) is 11.7 Å². The van der Waals surface area contributed by atoms with E-state index in [4.69, 9.17) is 5.73 Å². The van der Waals surface area contributed by atoms with Gasteiger partial charge in [0.1, 0.15) is 6.54 Å². The number of nitrogens with two attached hydrogens (primary N) is 1. The van der Waals surface area contributed by atoms with E-state index in [0.717, 1.165) is 29.0 Å². The molecule has 0 aromatic heterocycles. The molecular formula is C17H19N3O. The Morgan fingerprint density at radius 2 is 1.90 bits per heavy atom. The fraction of sp³-hybridized carbons (Fsp3) is 0.235. The number of nitrogens with one attached hydrogen (secondary N) is 1. The van der Waals surface area contributed by atoms with Crippen LogP contribution in [0.4, 0.5) is 17.1 Å². The van der Waals surface area contributed by atoms with Gasteiger partial charge in [-0.1, -0.05) is 31.2 Å². The minimum absolute atomic E-state index is 0.00281. The maximum atomic E-state index is 11.9. The van der Waals surface area contributed by atoms with Gasteiger partial charge in [0.2, 0.25) is 5.91 Å². The topological polar surface area (TPSA) is 58.4 Å². The summed E-state index contributed by atoms with van der Waals surface area (Å²) in [5, 5.41) is 2.90. The van der Waals surface area contributed by atoms with E-state index in [-0.39, 0.29) is 11.9 Å². The molecule has 1 atom stereocenters. The normalized spacial score (nSPS) is 15.3. The van der Waals surface area contributed by atoms with Crippen LogP contribution in [0.3, 0.4) is 0 Å². The zero-order chi connectivity index (χ0) is 14.8. The molecule has 2 aromatic rings. The zero-order valence-corrected chi connectivity index (χ0v) is 12.0. The number of rotatable bonds is 3. The molecule has 3 N–H and O–H groups in total. The average Bonchev–Trinajstić information content (AvgIpc) is 2.53.